The van der Waals surface area contributed by atoms with Crippen LogP contribution < -0.4 is 0 Å². The van der Waals surface area contributed by atoms with Gasteiger partial charge in [0.25, 0.3) is 0 Å². The number of alkyl halides is 4. The smallest absolute Gasteiger partial charge is 0.331 e. The molecule has 0 radical (unpaired) electrons. The van der Waals surface area contributed by atoms with E-state index in [-0.39, 0.29) is 6.92 Å². The van der Waals surface area contributed by atoms with Crippen molar-refractivity contribution < 1.29 is 27.5 Å². The third-order valence-electron chi connectivity index (χ3n) is 1.38. The van der Waals surface area contributed by atoms with Crippen molar-refractivity contribution in [2.75, 3.05) is 0 Å². The lowest BCUT2D eigenvalue weighted by atomic mass is 10.0. The number of hydrogen-bond acceptors (Lipinski definition) is 1. The number of carboxylic acids is 1. The second kappa shape index (κ2) is 3.35. The molecule has 1 N–H and O–H groups in total. The fraction of sp³-hybridized carbons (Fsp3) is 0.571. The molecule has 2 nitrogen and oxygen atoms in total. The van der Waals surface area contributed by atoms with E-state index in [1.807, 2.05) is 0 Å². The number of rotatable bonds is 4. The van der Waals surface area contributed by atoms with Crippen LogP contribution in [0.1, 0.15) is 13.3 Å². The highest BCUT2D eigenvalue weighted by molar-refractivity contribution is 5.85. The fourth-order valence-electron chi connectivity index (χ4n) is 0.499. The van der Waals surface area contributed by atoms with Crippen molar-refractivity contribution in [3.05, 3.63) is 12.2 Å². The van der Waals surface area contributed by atoms with E-state index in [9.17, 15) is 22.4 Å². The normalized spacial score (nSPS) is 12.7. The van der Waals surface area contributed by atoms with Gasteiger partial charge in [-0.25, -0.2) is 13.6 Å². The number of hydrogen-bond donors (Lipinski definition) is 1. The number of carbonyl (C=O) groups is 1. The van der Waals surface area contributed by atoms with Gasteiger partial charge in [0, 0.05) is 18.9 Å². The van der Waals surface area contributed by atoms with Crippen molar-refractivity contribution in [3.63, 3.8) is 0 Å². The summed E-state index contributed by atoms with van der Waals surface area (Å²) in [7, 11) is 0. The first-order valence-corrected chi connectivity index (χ1v) is 3.24. The third-order valence-corrected chi connectivity index (χ3v) is 1.38. The van der Waals surface area contributed by atoms with Gasteiger partial charge in [-0.1, -0.05) is 6.58 Å². The summed E-state index contributed by atoms with van der Waals surface area (Å²) in [6, 6.07) is 0. The SMILES string of the molecule is C=C(CC(F)(F)C(C)(F)F)C(=O)O. The summed E-state index contributed by atoms with van der Waals surface area (Å²) in [5.41, 5.74) is -0.938. The summed E-state index contributed by atoms with van der Waals surface area (Å²) in [5.74, 6) is -10.3. The van der Waals surface area contributed by atoms with Gasteiger partial charge in [0.2, 0.25) is 0 Å². The van der Waals surface area contributed by atoms with E-state index < -0.39 is 29.8 Å². The van der Waals surface area contributed by atoms with Crippen molar-refractivity contribution in [1.29, 1.82) is 0 Å². The molecule has 0 aliphatic rings. The molecule has 0 heterocycles. The van der Waals surface area contributed by atoms with Gasteiger partial charge in [-0.2, -0.15) is 8.78 Å². The molecule has 0 unspecified atom stereocenters. The quantitative estimate of drug-likeness (QED) is 0.558. The minimum atomic E-state index is -4.37. The fourth-order valence-corrected chi connectivity index (χ4v) is 0.499. The van der Waals surface area contributed by atoms with Gasteiger partial charge in [-0.05, 0) is 0 Å². The average molecular weight is 200 g/mol. The predicted octanol–water partition coefficient (Wildman–Crippen LogP) is 2.31. The lowest BCUT2D eigenvalue weighted by Crippen LogP contribution is -2.38. The molecule has 0 aromatic heterocycles. The summed E-state index contributed by atoms with van der Waals surface area (Å²) < 4.78 is 49.2. The number of aliphatic carboxylic acids is 1. The van der Waals surface area contributed by atoms with Crippen LogP contribution in [-0.2, 0) is 4.79 Å². The third kappa shape index (κ3) is 3.04. The summed E-state index contributed by atoms with van der Waals surface area (Å²) >= 11 is 0. The van der Waals surface area contributed by atoms with E-state index in [0.29, 0.717) is 0 Å². The molecule has 0 rings (SSSR count). The van der Waals surface area contributed by atoms with Crippen LogP contribution in [0.5, 0.6) is 0 Å². The van der Waals surface area contributed by atoms with E-state index in [1.54, 1.807) is 0 Å². The maximum absolute atomic E-state index is 12.5. The van der Waals surface area contributed by atoms with Crippen LogP contribution in [0.25, 0.3) is 0 Å². The molecule has 0 fully saturated rings. The molecule has 0 saturated carbocycles. The van der Waals surface area contributed by atoms with Gasteiger partial charge in [0.15, 0.2) is 0 Å². The van der Waals surface area contributed by atoms with Gasteiger partial charge >= 0.3 is 17.8 Å². The zero-order valence-electron chi connectivity index (χ0n) is 6.78. The highest BCUT2D eigenvalue weighted by Gasteiger charge is 2.52. The molecule has 0 bridgehead atoms. The first kappa shape index (κ1) is 11.9. The van der Waals surface area contributed by atoms with Crippen molar-refractivity contribution in [2.24, 2.45) is 0 Å². The van der Waals surface area contributed by atoms with Crippen LogP contribution in [0.4, 0.5) is 17.6 Å². The standard InChI is InChI=1S/C7H8F4O2/c1-4(5(12)13)3-7(10,11)6(2,8)9/h1,3H2,2H3,(H,12,13). The van der Waals surface area contributed by atoms with Gasteiger partial charge in [-0.15, -0.1) is 0 Å². The van der Waals surface area contributed by atoms with E-state index >= 15 is 0 Å². The maximum Gasteiger partial charge on any atom is 0.331 e. The molecule has 13 heavy (non-hydrogen) atoms. The van der Waals surface area contributed by atoms with Gasteiger partial charge < -0.3 is 5.11 Å². The molecule has 0 aliphatic heterocycles. The molecule has 0 aliphatic carbocycles. The molecule has 76 valence electrons. The van der Waals surface area contributed by atoms with Gasteiger partial charge in [0.05, 0.1) is 0 Å². The highest BCUT2D eigenvalue weighted by atomic mass is 19.3. The van der Waals surface area contributed by atoms with Crippen molar-refractivity contribution in [3.8, 4) is 0 Å². The van der Waals surface area contributed by atoms with E-state index in [0.717, 1.165) is 0 Å². The molecule has 0 aromatic rings. The Labute approximate surface area is 71.9 Å². The molecular formula is C7H8F4O2. The Morgan fingerprint density at radius 1 is 1.38 bits per heavy atom. The van der Waals surface area contributed by atoms with Crippen LogP contribution >= 0.6 is 0 Å². The van der Waals surface area contributed by atoms with E-state index in [1.165, 1.54) is 0 Å². The Bertz CT molecular complexity index is 229. The van der Waals surface area contributed by atoms with Crippen LogP contribution in [0.2, 0.25) is 0 Å². The second-order valence-corrected chi connectivity index (χ2v) is 2.68. The van der Waals surface area contributed by atoms with Crippen LogP contribution in [0.15, 0.2) is 12.2 Å². The predicted molar refractivity (Wildman–Crippen MR) is 37.0 cm³/mol. The van der Waals surface area contributed by atoms with E-state index in [2.05, 4.69) is 6.58 Å². The summed E-state index contributed by atoms with van der Waals surface area (Å²) in [6.07, 6.45) is -1.55. The number of halogens is 4. The van der Waals surface area contributed by atoms with Crippen molar-refractivity contribution in [2.45, 2.75) is 25.2 Å². The van der Waals surface area contributed by atoms with Crippen molar-refractivity contribution >= 4 is 5.97 Å². The molecule has 6 heteroatoms. The summed E-state index contributed by atoms with van der Waals surface area (Å²) in [5, 5.41) is 8.13. The monoisotopic (exact) mass is 200 g/mol. The Kier molecular flexibility index (Phi) is 3.08. The minimum Gasteiger partial charge on any atom is -0.478 e. The topological polar surface area (TPSA) is 37.3 Å². The highest BCUT2D eigenvalue weighted by Crippen LogP contribution is 2.38. The first-order chi connectivity index (χ1) is 5.58. The molecule has 0 atom stereocenters. The zero-order chi connectivity index (χ0) is 10.9. The van der Waals surface area contributed by atoms with Crippen LogP contribution in [0, 0.1) is 0 Å². The van der Waals surface area contributed by atoms with Gasteiger partial charge in [0.1, 0.15) is 0 Å². The average Bonchev–Trinajstić information content (AvgIpc) is 1.83. The first-order valence-electron chi connectivity index (χ1n) is 3.24. The van der Waals surface area contributed by atoms with Gasteiger partial charge in [-0.3, -0.25) is 0 Å². The van der Waals surface area contributed by atoms with Crippen LogP contribution in [-0.4, -0.2) is 22.9 Å². The molecular weight excluding hydrogens is 192 g/mol. The zero-order valence-corrected chi connectivity index (χ0v) is 6.78. The maximum atomic E-state index is 12.5. The lowest BCUT2D eigenvalue weighted by Gasteiger charge is -2.22. The lowest BCUT2D eigenvalue weighted by molar-refractivity contribution is -0.197. The van der Waals surface area contributed by atoms with Crippen molar-refractivity contribution in [1.82, 2.24) is 0 Å². The van der Waals surface area contributed by atoms with E-state index in [4.69, 9.17) is 5.11 Å². The largest absolute Gasteiger partial charge is 0.478 e. The van der Waals surface area contributed by atoms with Crippen LogP contribution in [0.3, 0.4) is 0 Å². The number of carboxylic acid groups (broad SMARTS) is 1. The Balaban J connectivity index is 4.53. The molecule has 0 amide bonds. The minimum absolute atomic E-state index is 0.0299. The summed E-state index contributed by atoms with van der Waals surface area (Å²) in [6.45, 7) is 2.77. The molecule has 0 saturated heterocycles. The Morgan fingerprint density at radius 2 is 1.77 bits per heavy atom. The molecule has 0 aromatic carbocycles. The second-order valence-electron chi connectivity index (χ2n) is 2.68. The summed E-state index contributed by atoms with van der Waals surface area (Å²) in [4.78, 5) is 10.0. The Hall–Kier alpha value is -1.07. The molecule has 0 spiro atoms. The Morgan fingerprint density at radius 3 is 2.00 bits per heavy atom.